The molecule has 0 N–H and O–H groups in total. The Kier molecular flexibility index (Phi) is 3.79. The molecule has 3 aromatic rings. The lowest BCUT2D eigenvalue weighted by molar-refractivity contribution is 0.101. The molecule has 0 aliphatic carbocycles. The maximum atomic E-state index is 12.4. The van der Waals surface area contributed by atoms with Crippen molar-refractivity contribution in [3.8, 4) is 17.1 Å². The maximum Gasteiger partial charge on any atom is 0.232 e. The maximum absolute atomic E-state index is 12.4. The highest BCUT2D eigenvalue weighted by Gasteiger charge is 2.27. The summed E-state index contributed by atoms with van der Waals surface area (Å²) in [6.07, 6.45) is 1.60. The van der Waals surface area contributed by atoms with E-state index in [0.29, 0.717) is 22.1 Å². The van der Waals surface area contributed by atoms with E-state index in [9.17, 15) is 4.79 Å². The summed E-state index contributed by atoms with van der Waals surface area (Å²) < 4.78 is 12.4. The number of rotatable bonds is 2. The van der Waals surface area contributed by atoms with Gasteiger partial charge in [0.2, 0.25) is 5.78 Å². The summed E-state index contributed by atoms with van der Waals surface area (Å²) in [5.74, 6) is 1.81. The predicted octanol–water partition coefficient (Wildman–Crippen LogP) is 5.98. The number of ether oxygens (including phenoxy) is 1. The molecule has 24 heavy (non-hydrogen) atoms. The minimum atomic E-state index is -0.200. The molecule has 3 nitrogen and oxygen atoms in total. The van der Waals surface area contributed by atoms with Gasteiger partial charge in [0.1, 0.15) is 17.3 Å². The van der Waals surface area contributed by atoms with Gasteiger partial charge in [0.15, 0.2) is 5.76 Å². The summed E-state index contributed by atoms with van der Waals surface area (Å²) in [5.41, 5.74) is 1.42. The largest absolute Gasteiger partial charge is 0.457 e. The first-order valence-corrected chi connectivity index (χ1v) is 8.37. The van der Waals surface area contributed by atoms with E-state index in [4.69, 9.17) is 20.8 Å². The first-order chi connectivity index (χ1) is 11.6. The topological polar surface area (TPSA) is 39.4 Å². The summed E-state index contributed by atoms with van der Waals surface area (Å²) in [5, 5.41) is 0.502. The molecule has 5 heteroatoms. The van der Waals surface area contributed by atoms with Crippen molar-refractivity contribution in [2.24, 2.45) is 0 Å². The second-order valence-electron chi connectivity index (χ2n) is 5.29. The van der Waals surface area contributed by atoms with E-state index >= 15 is 0 Å². The summed E-state index contributed by atoms with van der Waals surface area (Å²) in [4.78, 5) is 12.4. The van der Waals surface area contributed by atoms with Crippen LogP contribution in [0.4, 0.5) is 0 Å². The molecule has 1 aliphatic heterocycles. The van der Waals surface area contributed by atoms with Gasteiger partial charge in [0, 0.05) is 21.1 Å². The summed E-state index contributed by atoms with van der Waals surface area (Å²) in [6, 6.07) is 16.4. The highest BCUT2D eigenvalue weighted by atomic mass is 79.9. The van der Waals surface area contributed by atoms with Crippen LogP contribution in [0.1, 0.15) is 16.1 Å². The SMILES string of the molecule is O=C1/C(=C/c2ccc(-c3ccc(Br)cc3)o2)Oc2ccc(Cl)cc21. The Labute approximate surface area is 151 Å². The van der Waals surface area contributed by atoms with Crippen LogP contribution in [0.25, 0.3) is 17.4 Å². The molecular formula is C19H10BrClO3. The number of hydrogen-bond donors (Lipinski definition) is 0. The first-order valence-electron chi connectivity index (χ1n) is 7.20. The number of Topliss-reactive ketones (excluding diaryl/α,β-unsaturated/α-hetero) is 1. The minimum Gasteiger partial charge on any atom is -0.457 e. The highest BCUT2D eigenvalue weighted by Crippen LogP contribution is 2.34. The van der Waals surface area contributed by atoms with Crippen molar-refractivity contribution in [2.75, 3.05) is 0 Å². The van der Waals surface area contributed by atoms with Gasteiger partial charge in [-0.3, -0.25) is 4.79 Å². The molecule has 0 amide bonds. The van der Waals surface area contributed by atoms with Crippen LogP contribution < -0.4 is 4.74 Å². The average Bonchev–Trinajstić information content (AvgIpc) is 3.15. The average molecular weight is 402 g/mol. The summed E-state index contributed by atoms with van der Waals surface area (Å²) in [7, 11) is 0. The number of fused-ring (bicyclic) bond motifs is 1. The van der Waals surface area contributed by atoms with Crippen LogP contribution in [0.15, 0.2) is 69.2 Å². The second kappa shape index (κ2) is 5.96. The molecule has 1 aromatic heterocycles. The van der Waals surface area contributed by atoms with E-state index < -0.39 is 0 Å². The van der Waals surface area contributed by atoms with Crippen molar-refractivity contribution >= 4 is 39.4 Å². The van der Waals surface area contributed by atoms with E-state index in [-0.39, 0.29) is 11.5 Å². The van der Waals surface area contributed by atoms with Gasteiger partial charge in [-0.2, -0.15) is 0 Å². The Morgan fingerprint density at radius 3 is 2.58 bits per heavy atom. The van der Waals surface area contributed by atoms with Crippen LogP contribution in [0.3, 0.4) is 0 Å². The molecule has 0 spiro atoms. The van der Waals surface area contributed by atoms with Crippen molar-refractivity contribution in [1.82, 2.24) is 0 Å². The van der Waals surface area contributed by atoms with Gasteiger partial charge in [0.05, 0.1) is 5.56 Å². The van der Waals surface area contributed by atoms with Gasteiger partial charge in [-0.25, -0.2) is 0 Å². The lowest BCUT2D eigenvalue weighted by Crippen LogP contribution is -1.97. The van der Waals surface area contributed by atoms with E-state index in [2.05, 4.69) is 15.9 Å². The fourth-order valence-electron chi connectivity index (χ4n) is 2.49. The van der Waals surface area contributed by atoms with Gasteiger partial charge in [-0.15, -0.1) is 0 Å². The standard InChI is InChI=1S/C19H10BrClO3/c20-12-3-1-11(2-4-12)16-8-6-14(23-16)10-18-19(22)15-9-13(21)5-7-17(15)24-18/h1-10H/b18-10-. The van der Waals surface area contributed by atoms with E-state index in [0.717, 1.165) is 15.8 Å². The molecule has 0 fully saturated rings. The zero-order chi connectivity index (χ0) is 16.7. The van der Waals surface area contributed by atoms with Gasteiger partial charge >= 0.3 is 0 Å². The third kappa shape index (κ3) is 2.79. The van der Waals surface area contributed by atoms with E-state index in [1.54, 1.807) is 30.3 Å². The molecule has 0 saturated heterocycles. The van der Waals surface area contributed by atoms with Crippen molar-refractivity contribution < 1.29 is 13.9 Å². The Balaban J connectivity index is 1.63. The summed E-state index contributed by atoms with van der Waals surface area (Å²) in [6.45, 7) is 0. The van der Waals surface area contributed by atoms with Gasteiger partial charge in [0.25, 0.3) is 0 Å². The molecule has 1 aliphatic rings. The summed E-state index contributed by atoms with van der Waals surface area (Å²) >= 11 is 9.33. The molecule has 0 unspecified atom stereocenters. The van der Waals surface area contributed by atoms with Crippen LogP contribution >= 0.6 is 27.5 Å². The van der Waals surface area contributed by atoms with Crippen molar-refractivity contribution in [3.05, 3.63) is 81.2 Å². The molecule has 0 radical (unpaired) electrons. The lowest BCUT2D eigenvalue weighted by atomic mass is 10.1. The fraction of sp³-hybridized carbons (Fsp3) is 0. The Morgan fingerprint density at radius 2 is 1.79 bits per heavy atom. The number of furan rings is 1. The van der Waals surface area contributed by atoms with Gasteiger partial charge in [-0.1, -0.05) is 39.7 Å². The molecule has 0 bridgehead atoms. The van der Waals surface area contributed by atoms with E-state index in [1.807, 2.05) is 30.3 Å². The highest BCUT2D eigenvalue weighted by molar-refractivity contribution is 9.10. The van der Waals surface area contributed by atoms with Crippen molar-refractivity contribution in [3.63, 3.8) is 0 Å². The van der Waals surface area contributed by atoms with Crippen LogP contribution in [-0.2, 0) is 0 Å². The smallest absolute Gasteiger partial charge is 0.232 e. The first kappa shape index (κ1) is 15.2. The quantitative estimate of drug-likeness (QED) is 0.496. The Morgan fingerprint density at radius 1 is 1.00 bits per heavy atom. The monoisotopic (exact) mass is 400 g/mol. The number of carbonyl (C=O) groups excluding carboxylic acids is 1. The number of allylic oxidation sites excluding steroid dienone is 1. The normalized spacial score (nSPS) is 14.8. The number of halogens is 2. The molecule has 2 heterocycles. The molecule has 0 saturated carbocycles. The second-order valence-corrected chi connectivity index (χ2v) is 6.64. The molecule has 2 aromatic carbocycles. The van der Waals surface area contributed by atoms with Crippen LogP contribution in [0, 0.1) is 0 Å². The zero-order valence-corrected chi connectivity index (χ0v) is 14.6. The zero-order valence-electron chi connectivity index (χ0n) is 12.3. The van der Waals surface area contributed by atoms with Crippen LogP contribution in [0.2, 0.25) is 5.02 Å². The molecular weight excluding hydrogens is 392 g/mol. The molecule has 0 atom stereocenters. The number of benzene rings is 2. The van der Waals surface area contributed by atoms with Crippen LogP contribution in [-0.4, -0.2) is 5.78 Å². The number of carbonyl (C=O) groups is 1. The van der Waals surface area contributed by atoms with Gasteiger partial charge < -0.3 is 9.15 Å². The number of hydrogen-bond acceptors (Lipinski definition) is 3. The third-order valence-electron chi connectivity index (χ3n) is 3.66. The lowest BCUT2D eigenvalue weighted by Gasteiger charge is -1.98. The van der Waals surface area contributed by atoms with Crippen LogP contribution in [0.5, 0.6) is 5.75 Å². The Hall–Kier alpha value is -2.30. The van der Waals surface area contributed by atoms with E-state index in [1.165, 1.54) is 0 Å². The number of ketones is 1. The van der Waals surface area contributed by atoms with Crippen molar-refractivity contribution in [1.29, 1.82) is 0 Å². The van der Waals surface area contributed by atoms with Gasteiger partial charge in [-0.05, 0) is 42.5 Å². The predicted molar refractivity (Wildman–Crippen MR) is 96.2 cm³/mol. The minimum absolute atomic E-state index is 0.200. The Bertz CT molecular complexity index is 971. The van der Waals surface area contributed by atoms with Crippen molar-refractivity contribution in [2.45, 2.75) is 0 Å². The molecule has 4 rings (SSSR count). The third-order valence-corrected chi connectivity index (χ3v) is 4.42. The molecule has 118 valence electrons. The fourth-order valence-corrected chi connectivity index (χ4v) is 2.93.